The third-order valence-corrected chi connectivity index (χ3v) is 3.93. The van der Waals surface area contributed by atoms with Gasteiger partial charge in [0.2, 0.25) is 0 Å². The molecule has 1 aromatic heterocycles. The molecule has 3 aromatic rings. The van der Waals surface area contributed by atoms with Gasteiger partial charge in [-0.15, -0.1) is 0 Å². The van der Waals surface area contributed by atoms with Crippen LogP contribution in [0.25, 0.3) is 10.8 Å². The van der Waals surface area contributed by atoms with E-state index in [1.807, 2.05) is 36.4 Å². The first kappa shape index (κ1) is 12.7. The van der Waals surface area contributed by atoms with Crippen LogP contribution in [0.5, 0.6) is 5.75 Å². The summed E-state index contributed by atoms with van der Waals surface area (Å²) in [5.74, 6) is 0.525. The molecule has 0 saturated heterocycles. The Morgan fingerprint density at radius 1 is 1.00 bits per heavy atom. The van der Waals surface area contributed by atoms with E-state index in [-0.39, 0.29) is 5.92 Å². The largest absolute Gasteiger partial charge is 0.507 e. The van der Waals surface area contributed by atoms with Gasteiger partial charge in [-0.2, -0.15) is 0 Å². The molecule has 1 unspecified atom stereocenters. The fraction of sp³-hybridized carbons (Fsp3) is 0.167. The molecule has 0 spiro atoms. The number of hydrogen-bond acceptors (Lipinski definition) is 2. The molecule has 0 aliphatic rings. The highest BCUT2D eigenvalue weighted by Gasteiger charge is 2.16. The van der Waals surface area contributed by atoms with Crippen LogP contribution in [0.2, 0.25) is 0 Å². The van der Waals surface area contributed by atoms with Gasteiger partial charge in [-0.05, 0) is 35.6 Å². The van der Waals surface area contributed by atoms with Gasteiger partial charge < -0.3 is 5.11 Å². The lowest BCUT2D eigenvalue weighted by atomic mass is 9.89. The molecule has 0 amide bonds. The number of benzene rings is 2. The number of nitrogens with zero attached hydrogens (tertiary/aromatic N) is 1. The van der Waals surface area contributed by atoms with Crippen LogP contribution in [0.1, 0.15) is 29.5 Å². The van der Waals surface area contributed by atoms with Crippen molar-refractivity contribution >= 4 is 10.8 Å². The highest BCUT2D eigenvalue weighted by atomic mass is 16.3. The summed E-state index contributed by atoms with van der Waals surface area (Å²) in [6.07, 6.45) is 3.58. The zero-order chi connectivity index (χ0) is 14.1. The Bertz CT molecular complexity index is 750. The predicted octanol–water partition coefficient (Wildman–Crippen LogP) is 4.40. The average Bonchev–Trinajstić information content (AvgIpc) is 2.51. The molecule has 0 saturated carbocycles. The monoisotopic (exact) mass is 263 g/mol. The highest BCUT2D eigenvalue weighted by molar-refractivity contribution is 5.92. The van der Waals surface area contributed by atoms with Crippen molar-refractivity contribution in [2.75, 3.05) is 0 Å². The molecule has 0 aliphatic heterocycles. The fourth-order valence-electron chi connectivity index (χ4n) is 2.73. The first-order valence-corrected chi connectivity index (χ1v) is 6.79. The first-order chi connectivity index (χ1) is 9.68. The van der Waals surface area contributed by atoms with Crippen molar-refractivity contribution < 1.29 is 5.11 Å². The van der Waals surface area contributed by atoms with E-state index >= 15 is 0 Å². The summed E-state index contributed by atoms with van der Waals surface area (Å²) in [4.78, 5) is 4.05. The van der Waals surface area contributed by atoms with E-state index in [0.717, 1.165) is 21.9 Å². The lowest BCUT2D eigenvalue weighted by molar-refractivity contribution is 0.472. The maximum atomic E-state index is 10.6. The molecule has 2 heteroatoms. The predicted molar refractivity (Wildman–Crippen MR) is 82.1 cm³/mol. The lowest BCUT2D eigenvalue weighted by Crippen LogP contribution is -1.98. The summed E-state index contributed by atoms with van der Waals surface area (Å²) in [7, 11) is 0. The Labute approximate surface area is 118 Å². The van der Waals surface area contributed by atoms with Gasteiger partial charge in [0, 0.05) is 29.3 Å². The number of rotatable bonds is 2. The third kappa shape index (κ3) is 2.03. The van der Waals surface area contributed by atoms with E-state index in [1.165, 1.54) is 5.56 Å². The van der Waals surface area contributed by atoms with Gasteiger partial charge in [-0.1, -0.05) is 37.3 Å². The molecule has 1 N–H and O–H groups in total. The van der Waals surface area contributed by atoms with Crippen molar-refractivity contribution in [2.24, 2.45) is 0 Å². The van der Waals surface area contributed by atoms with Crippen LogP contribution in [-0.4, -0.2) is 10.1 Å². The maximum Gasteiger partial charge on any atom is 0.127 e. The number of aromatic nitrogens is 1. The molecule has 0 aliphatic carbocycles. The summed E-state index contributed by atoms with van der Waals surface area (Å²) in [6.45, 7) is 4.20. The zero-order valence-electron chi connectivity index (χ0n) is 11.7. The van der Waals surface area contributed by atoms with Gasteiger partial charge in [0.05, 0.1) is 0 Å². The number of pyridine rings is 1. The molecule has 2 aromatic carbocycles. The number of phenols is 1. The van der Waals surface area contributed by atoms with Crippen molar-refractivity contribution in [3.8, 4) is 5.75 Å². The van der Waals surface area contributed by atoms with Crippen LogP contribution in [0.4, 0.5) is 0 Å². The first-order valence-electron chi connectivity index (χ1n) is 6.79. The minimum Gasteiger partial charge on any atom is -0.507 e. The molecular formula is C18H17NO. The number of phenolic OH excluding ortho intramolecular Hbond substituents is 1. The molecule has 0 bridgehead atoms. The van der Waals surface area contributed by atoms with Crippen molar-refractivity contribution in [1.29, 1.82) is 0 Å². The summed E-state index contributed by atoms with van der Waals surface area (Å²) in [5.41, 5.74) is 3.31. The molecule has 100 valence electrons. The average molecular weight is 263 g/mol. The van der Waals surface area contributed by atoms with Crippen molar-refractivity contribution in [2.45, 2.75) is 19.8 Å². The minimum absolute atomic E-state index is 0.140. The van der Waals surface area contributed by atoms with E-state index in [1.54, 1.807) is 12.4 Å². The Morgan fingerprint density at radius 2 is 1.65 bits per heavy atom. The lowest BCUT2D eigenvalue weighted by Gasteiger charge is -2.17. The molecule has 0 radical (unpaired) electrons. The Kier molecular flexibility index (Phi) is 3.15. The summed E-state index contributed by atoms with van der Waals surface area (Å²) in [6, 6.07) is 14.1. The number of hydrogen-bond donors (Lipinski definition) is 1. The highest BCUT2D eigenvalue weighted by Crippen LogP contribution is 2.37. The Morgan fingerprint density at radius 3 is 2.35 bits per heavy atom. The molecular weight excluding hydrogens is 246 g/mol. The second-order valence-electron chi connectivity index (χ2n) is 5.18. The minimum atomic E-state index is 0.140. The fourth-order valence-corrected chi connectivity index (χ4v) is 2.73. The smallest absolute Gasteiger partial charge is 0.127 e. The van der Waals surface area contributed by atoms with Crippen molar-refractivity contribution in [3.05, 3.63) is 71.5 Å². The van der Waals surface area contributed by atoms with Crippen LogP contribution in [0.15, 0.2) is 54.9 Å². The van der Waals surface area contributed by atoms with Crippen LogP contribution < -0.4 is 0 Å². The van der Waals surface area contributed by atoms with Gasteiger partial charge in [0.25, 0.3) is 0 Å². The molecule has 2 nitrogen and oxygen atoms in total. The van der Waals surface area contributed by atoms with Crippen LogP contribution in [0.3, 0.4) is 0 Å². The molecule has 1 atom stereocenters. The number of aryl methyl sites for hydroxylation is 1. The molecule has 20 heavy (non-hydrogen) atoms. The van der Waals surface area contributed by atoms with E-state index < -0.39 is 0 Å². The second-order valence-corrected chi connectivity index (χ2v) is 5.18. The number of fused-ring (bicyclic) bond motifs is 1. The van der Waals surface area contributed by atoms with Crippen LogP contribution in [-0.2, 0) is 0 Å². The summed E-state index contributed by atoms with van der Waals surface area (Å²) in [5, 5.41) is 12.6. The van der Waals surface area contributed by atoms with E-state index in [0.29, 0.717) is 5.75 Å². The normalized spacial score (nSPS) is 12.5. The van der Waals surface area contributed by atoms with Crippen LogP contribution >= 0.6 is 0 Å². The summed E-state index contributed by atoms with van der Waals surface area (Å²) >= 11 is 0. The van der Waals surface area contributed by atoms with E-state index in [4.69, 9.17) is 0 Å². The molecule has 3 rings (SSSR count). The van der Waals surface area contributed by atoms with Gasteiger partial charge in [0.1, 0.15) is 5.75 Å². The maximum absolute atomic E-state index is 10.6. The van der Waals surface area contributed by atoms with Gasteiger partial charge in [-0.25, -0.2) is 0 Å². The topological polar surface area (TPSA) is 33.1 Å². The quantitative estimate of drug-likeness (QED) is 0.743. The zero-order valence-corrected chi connectivity index (χ0v) is 11.7. The summed E-state index contributed by atoms with van der Waals surface area (Å²) < 4.78 is 0. The Balaban J connectivity index is 2.20. The number of aromatic hydroxyl groups is 1. The third-order valence-electron chi connectivity index (χ3n) is 3.93. The van der Waals surface area contributed by atoms with Crippen molar-refractivity contribution in [1.82, 2.24) is 4.98 Å². The van der Waals surface area contributed by atoms with Crippen molar-refractivity contribution in [3.63, 3.8) is 0 Å². The van der Waals surface area contributed by atoms with E-state index in [2.05, 4.69) is 24.9 Å². The molecule has 0 fully saturated rings. The second kappa shape index (κ2) is 4.97. The van der Waals surface area contributed by atoms with Gasteiger partial charge >= 0.3 is 0 Å². The van der Waals surface area contributed by atoms with Crippen LogP contribution in [0, 0.1) is 6.92 Å². The molecule has 1 heterocycles. The van der Waals surface area contributed by atoms with Gasteiger partial charge in [-0.3, -0.25) is 4.98 Å². The SMILES string of the molecule is Cc1cc(C(C)c2ccncc2)c(O)c2ccccc12. The Hall–Kier alpha value is -2.35. The standard InChI is InChI=1S/C18H17NO/c1-12-11-17(13(2)14-7-9-19-10-8-14)18(20)16-6-4-3-5-15(12)16/h3-11,13,20H,1-2H3. The van der Waals surface area contributed by atoms with E-state index in [9.17, 15) is 5.11 Å². The van der Waals surface area contributed by atoms with Gasteiger partial charge in [0.15, 0.2) is 0 Å².